The number of carbonyl (C=O) groups excluding carboxylic acids is 1. The maximum atomic E-state index is 12.5. The number of ether oxygens (including phenoxy) is 1. The van der Waals surface area contributed by atoms with Crippen molar-refractivity contribution >= 4 is 11.9 Å². The first kappa shape index (κ1) is 18.0. The number of fused-ring (bicyclic) bond motifs is 1. The molecule has 136 valence electrons. The third-order valence-corrected chi connectivity index (χ3v) is 4.70. The van der Waals surface area contributed by atoms with Gasteiger partial charge in [0.1, 0.15) is 5.75 Å². The monoisotopic (exact) mass is 353 g/mol. The Labute approximate surface area is 153 Å². The third-order valence-electron chi connectivity index (χ3n) is 4.70. The average molecular weight is 353 g/mol. The SMILES string of the molecule is Cc1ccccc1OCCCC(=O)N1CCc2ccc(C(=O)O)cc2C1. The molecule has 1 N–H and O–H groups in total. The van der Waals surface area contributed by atoms with E-state index < -0.39 is 5.97 Å². The van der Waals surface area contributed by atoms with Gasteiger partial charge in [-0.2, -0.15) is 0 Å². The van der Waals surface area contributed by atoms with E-state index >= 15 is 0 Å². The fraction of sp³-hybridized carbons (Fsp3) is 0.333. The molecule has 0 saturated carbocycles. The summed E-state index contributed by atoms with van der Waals surface area (Å²) in [5.41, 5.74) is 3.41. The lowest BCUT2D eigenvalue weighted by Gasteiger charge is -2.29. The van der Waals surface area contributed by atoms with Crippen LogP contribution in [0.1, 0.15) is 39.9 Å². The predicted molar refractivity (Wildman–Crippen MR) is 98.4 cm³/mol. The van der Waals surface area contributed by atoms with Crippen molar-refractivity contribution in [3.8, 4) is 5.75 Å². The van der Waals surface area contributed by atoms with Crippen molar-refractivity contribution < 1.29 is 19.4 Å². The molecule has 0 bridgehead atoms. The van der Waals surface area contributed by atoms with Crippen molar-refractivity contribution in [2.24, 2.45) is 0 Å². The molecule has 0 spiro atoms. The summed E-state index contributed by atoms with van der Waals surface area (Å²) in [6.45, 7) is 3.66. The Kier molecular flexibility index (Phi) is 5.56. The molecular weight excluding hydrogens is 330 g/mol. The maximum absolute atomic E-state index is 12.5. The molecule has 0 unspecified atom stereocenters. The van der Waals surface area contributed by atoms with E-state index in [9.17, 15) is 9.59 Å². The molecule has 2 aromatic carbocycles. The van der Waals surface area contributed by atoms with E-state index in [1.807, 2.05) is 42.2 Å². The van der Waals surface area contributed by atoms with E-state index in [1.54, 1.807) is 12.1 Å². The first-order valence-electron chi connectivity index (χ1n) is 8.86. The van der Waals surface area contributed by atoms with Crippen LogP contribution in [0.3, 0.4) is 0 Å². The Hall–Kier alpha value is -2.82. The summed E-state index contributed by atoms with van der Waals surface area (Å²) in [5, 5.41) is 9.12. The Balaban J connectivity index is 1.50. The van der Waals surface area contributed by atoms with Crippen LogP contribution in [0.5, 0.6) is 5.75 Å². The molecule has 1 aliphatic rings. The number of rotatable bonds is 6. The lowest BCUT2D eigenvalue weighted by atomic mass is 9.97. The molecule has 1 aliphatic heterocycles. The van der Waals surface area contributed by atoms with E-state index in [2.05, 4.69) is 0 Å². The Bertz CT molecular complexity index is 815. The van der Waals surface area contributed by atoms with Gasteiger partial charge in [-0.15, -0.1) is 0 Å². The van der Waals surface area contributed by atoms with Gasteiger partial charge in [0.15, 0.2) is 0 Å². The van der Waals surface area contributed by atoms with Crippen molar-refractivity contribution in [3.63, 3.8) is 0 Å². The Morgan fingerprint density at radius 3 is 2.73 bits per heavy atom. The molecule has 2 aromatic rings. The highest BCUT2D eigenvalue weighted by Gasteiger charge is 2.21. The number of amides is 1. The fourth-order valence-corrected chi connectivity index (χ4v) is 3.19. The zero-order valence-electron chi connectivity index (χ0n) is 14.9. The molecule has 3 rings (SSSR count). The summed E-state index contributed by atoms with van der Waals surface area (Å²) in [5.74, 6) is 0.00224. The maximum Gasteiger partial charge on any atom is 0.335 e. The van der Waals surface area contributed by atoms with Crippen molar-refractivity contribution in [1.29, 1.82) is 0 Å². The highest BCUT2D eigenvalue weighted by Crippen LogP contribution is 2.22. The van der Waals surface area contributed by atoms with Gasteiger partial charge in [0.05, 0.1) is 12.2 Å². The summed E-state index contributed by atoms with van der Waals surface area (Å²) in [7, 11) is 0. The highest BCUT2D eigenvalue weighted by molar-refractivity contribution is 5.88. The van der Waals surface area contributed by atoms with Crippen LogP contribution in [-0.4, -0.2) is 35.0 Å². The molecule has 0 atom stereocenters. The van der Waals surface area contributed by atoms with E-state index in [4.69, 9.17) is 9.84 Å². The molecule has 0 aromatic heterocycles. The van der Waals surface area contributed by atoms with Crippen molar-refractivity contribution in [2.45, 2.75) is 32.7 Å². The number of aromatic carboxylic acids is 1. The molecule has 1 heterocycles. The van der Waals surface area contributed by atoms with Gasteiger partial charge in [-0.05, 0) is 54.7 Å². The quantitative estimate of drug-likeness (QED) is 0.808. The van der Waals surface area contributed by atoms with Crippen molar-refractivity contribution in [1.82, 2.24) is 4.90 Å². The Morgan fingerprint density at radius 1 is 1.15 bits per heavy atom. The fourth-order valence-electron chi connectivity index (χ4n) is 3.19. The summed E-state index contributed by atoms with van der Waals surface area (Å²) in [6, 6.07) is 13.0. The van der Waals surface area contributed by atoms with Crippen LogP contribution in [0.25, 0.3) is 0 Å². The van der Waals surface area contributed by atoms with Crippen molar-refractivity contribution in [2.75, 3.05) is 13.2 Å². The molecule has 0 aliphatic carbocycles. The minimum absolute atomic E-state index is 0.0877. The summed E-state index contributed by atoms with van der Waals surface area (Å²) >= 11 is 0. The predicted octanol–water partition coefficient (Wildman–Crippen LogP) is 3.44. The molecule has 1 amide bonds. The molecule has 0 fully saturated rings. The van der Waals surface area contributed by atoms with Gasteiger partial charge in [-0.1, -0.05) is 24.3 Å². The number of benzene rings is 2. The topological polar surface area (TPSA) is 66.8 Å². The lowest BCUT2D eigenvalue weighted by Crippen LogP contribution is -2.36. The normalized spacial score (nSPS) is 13.2. The largest absolute Gasteiger partial charge is 0.493 e. The second kappa shape index (κ2) is 8.04. The van der Waals surface area contributed by atoms with Gasteiger partial charge in [0.2, 0.25) is 5.91 Å². The number of hydrogen-bond acceptors (Lipinski definition) is 3. The van der Waals surface area contributed by atoms with Gasteiger partial charge >= 0.3 is 5.97 Å². The first-order valence-corrected chi connectivity index (χ1v) is 8.86. The highest BCUT2D eigenvalue weighted by atomic mass is 16.5. The summed E-state index contributed by atoms with van der Waals surface area (Å²) < 4.78 is 5.74. The van der Waals surface area contributed by atoms with Crippen LogP contribution >= 0.6 is 0 Å². The van der Waals surface area contributed by atoms with Gasteiger partial charge in [-0.25, -0.2) is 4.79 Å². The van der Waals surface area contributed by atoms with Crippen LogP contribution < -0.4 is 4.74 Å². The minimum Gasteiger partial charge on any atom is -0.493 e. The second-order valence-electron chi connectivity index (χ2n) is 6.57. The molecule has 0 radical (unpaired) electrons. The van der Waals surface area contributed by atoms with E-state index in [0.717, 1.165) is 28.9 Å². The smallest absolute Gasteiger partial charge is 0.335 e. The van der Waals surface area contributed by atoms with Crippen LogP contribution in [0.2, 0.25) is 0 Å². The number of para-hydroxylation sites is 1. The molecular formula is C21H23NO4. The molecule has 5 heteroatoms. The standard InChI is InChI=1S/C21H23NO4/c1-15-5-2-3-6-19(15)26-12-4-7-20(23)22-11-10-16-8-9-17(21(24)25)13-18(16)14-22/h2-3,5-6,8-9,13H,4,7,10-12,14H2,1H3,(H,24,25). The molecule has 26 heavy (non-hydrogen) atoms. The van der Waals surface area contributed by atoms with Gasteiger partial charge < -0.3 is 14.7 Å². The van der Waals surface area contributed by atoms with Crippen LogP contribution in [0.15, 0.2) is 42.5 Å². The van der Waals surface area contributed by atoms with Crippen LogP contribution in [0, 0.1) is 6.92 Å². The Morgan fingerprint density at radius 2 is 1.96 bits per heavy atom. The van der Waals surface area contributed by atoms with Crippen LogP contribution in [0.4, 0.5) is 0 Å². The first-order chi connectivity index (χ1) is 12.5. The molecule has 0 saturated heterocycles. The average Bonchev–Trinajstić information content (AvgIpc) is 2.65. The minimum atomic E-state index is -0.940. The number of nitrogens with zero attached hydrogens (tertiary/aromatic N) is 1. The number of carbonyl (C=O) groups is 2. The van der Waals surface area contributed by atoms with E-state index in [-0.39, 0.29) is 11.5 Å². The van der Waals surface area contributed by atoms with Crippen molar-refractivity contribution in [3.05, 3.63) is 64.7 Å². The molecule has 5 nitrogen and oxygen atoms in total. The number of carboxylic acids is 1. The summed E-state index contributed by atoms with van der Waals surface area (Å²) in [4.78, 5) is 25.4. The zero-order valence-corrected chi connectivity index (χ0v) is 14.9. The van der Waals surface area contributed by atoms with Gasteiger partial charge in [0.25, 0.3) is 0 Å². The van der Waals surface area contributed by atoms with Gasteiger partial charge in [-0.3, -0.25) is 4.79 Å². The number of carboxylic acid groups (broad SMARTS) is 1. The summed E-state index contributed by atoms with van der Waals surface area (Å²) in [6.07, 6.45) is 1.85. The third kappa shape index (κ3) is 4.23. The number of aryl methyl sites for hydroxylation is 1. The van der Waals surface area contributed by atoms with E-state index in [0.29, 0.717) is 32.5 Å². The number of hydrogen-bond donors (Lipinski definition) is 1. The van der Waals surface area contributed by atoms with E-state index in [1.165, 1.54) is 0 Å². The van der Waals surface area contributed by atoms with Crippen LogP contribution in [-0.2, 0) is 17.8 Å². The second-order valence-corrected chi connectivity index (χ2v) is 6.57. The lowest BCUT2D eigenvalue weighted by molar-refractivity contribution is -0.132. The van der Waals surface area contributed by atoms with Gasteiger partial charge in [0, 0.05) is 19.5 Å². The zero-order chi connectivity index (χ0) is 18.5.